The van der Waals surface area contributed by atoms with Gasteiger partial charge in [-0.15, -0.1) is 11.3 Å². The maximum atomic E-state index is 13.9. The summed E-state index contributed by atoms with van der Waals surface area (Å²) in [5.74, 6) is 1.44. The van der Waals surface area contributed by atoms with Gasteiger partial charge in [0.15, 0.2) is 0 Å². The van der Waals surface area contributed by atoms with Crippen molar-refractivity contribution in [2.45, 2.75) is 45.2 Å². The molecule has 3 aromatic rings. The molecule has 0 unspecified atom stereocenters. The van der Waals surface area contributed by atoms with Gasteiger partial charge in [0.1, 0.15) is 27.9 Å². The summed E-state index contributed by atoms with van der Waals surface area (Å²) >= 11 is 1.47. The van der Waals surface area contributed by atoms with Crippen LogP contribution in [-0.4, -0.2) is 44.3 Å². The Morgan fingerprint density at radius 2 is 1.35 bits per heavy atom. The van der Waals surface area contributed by atoms with Gasteiger partial charge in [-0.25, -0.2) is 13.4 Å². The van der Waals surface area contributed by atoms with Crippen molar-refractivity contribution in [1.82, 2.24) is 9.29 Å². The van der Waals surface area contributed by atoms with E-state index in [2.05, 4.69) is 4.98 Å². The highest BCUT2D eigenvalue weighted by molar-refractivity contribution is 7.89. The molecule has 2 atom stereocenters. The second kappa shape index (κ2) is 11.3. The molecule has 0 saturated heterocycles. The number of nitrogens with zero attached hydrogens (tertiary/aromatic N) is 2. The van der Waals surface area contributed by atoms with Crippen molar-refractivity contribution in [1.29, 1.82) is 0 Å². The van der Waals surface area contributed by atoms with Gasteiger partial charge < -0.3 is 14.2 Å². The molecule has 0 spiro atoms. The summed E-state index contributed by atoms with van der Waals surface area (Å²) in [7, 11) is 0.951. The van der Waals surface area contributed by atoms with Gasteiger partial charge in [-0.3, -0.25) is 0 Å². The summed E-state index contributed by atoms with van der Waals surface area (Å²) in [6.45, 7) is 6.01. The Labute approximate surface area is 206 Å². The molecule has 9 heteroatoms. The highest BCUT2D eigenvalue weighted by atomic mass is 32.2. The van der Waals surface area contributed by atoms with E-state index in [1.165, 1.54) is 22.8 Å². The second-order valence-corrected chi connectivity index (χ2v) is 11.6. The van der Waals surface area contributed by atoms with Crippen molar-refractivity contribution in [2.24, 2.45) is 0 Å². The number of hydrogen-bond acceptors (Lipinski definition) is 7. The normalized spacial score (nSPS) is 13.6. The molecule has 0 aliphatic rings. The zero-order valence-electron chi connectivity index (χ0n) is 20.4. The number of aromatic nitrogens is 1. The minimum Gasteiger partial charge on any atom is -0.497 e. The van der Waals surface area contributed by atoms with Crippen LogP contribution in [0.2, 0.25) is 0 Å². The molecule has 0 fully saturated rings. The first-order valence-corrected chi connectivity index (χ1v) is 13.2. The number of ether oxygens (including phenoxy) is 3. The lowest BCUT2D eigenvalue weighted by Crippen LogP contribution is -2.40. The Kier molecular flexibility index (Phi) is 8.70. The molecule has 0 saturated carbocycles. The van der Waals surface area contributed by atoms with Crippen molar-refractivity contribution >= 4 is 21.4 Å². The van der Waals surface area contributed by atoms with Gasteiger partial charge >= 0.3 is 0 Å². The number of thiazole rings is 1. The number of benzene rings is 2. The van der Waals surface area contributed by atoms with E-state index in [-0.39, 0.29) is 13.1 Å². The van der Waals surface area contributed by atoms with Gasteiger partial charge in [0.25, 0.3) is 0 Å². The van der Waals surface area contributed by atoms with Gasteiger partial charge in [0.2, 0.25) is 10.0 Å². The maximum absolute atomic E-state index is 13.9. The number of methoxy groups -OCH3 is 3. The van der Waals surface area contributed by atoms with Crippen molar-refractivity contribution in [3.05, 3.63) is 75.2 Å². The fourth-order valence-corrected chi connectivity index (χ4v) is 6.48. The Balaban J connectivity index is 1.95. The summed E-state index contributed by atoms with van der Waals surface area (Å²) in [6.07, 6.45) is -0.670. The van der Waals surface area contributed by atoms with Crippen LogP contribution in [0.25, 0.3) is 0 Å². The van der Waals surface area contributed by atoms with Gasteiger partial charge in [0, 0.05) is 25.1 Å². The molecule has 0 aliphatic carbocycles. The Morgan fingerprint density at radius 1 is 0.882 bits per heavy atom. The van der Waals surface area contributed by atoms with Gasteiger partial charge in [-0.2, -0.15) is 4.31 Å². The lowest BCUT2D eigenvalue weighted by Gasteiger charge is -2.29. The highest BCUT2D eigenvalue weighted by Gasteiger charge is 2.37. The van der Waals surface area contributed by atoms with E-state index in [1.807, 2.05) is 62.4 Å². The molecule has 184 valence electrons. The average molecular weight is 505 g/mol. The molecule has 1 aromatic heterocycles. The molecule has 0 aliphatic heterocycles. The standard InChI is InChI=1S/C25H32N2O5S2/c1-17-18(2)33-25(26-17)24(32-6)19(3)34(28,29)27(15-20-7-11-22(30-4)12-8-20)16-21-9-13-23(31-5)14-10-21/h7-14,19,24H,15-16H2,1-6H3/t19-,24-/m1/s1. The monoisotopic (exact) mass is 504 g/mol. The first kappa shape index (κ1) is 26.2. The highest BCUT2D eigenvalue weighted by Crippen LogP contribution is 2.33. The molecule has 0 radical (unpaired) electrons. The quantitative estimate of drug-likeness (QED) is 0.370. The van der Waals surface area contributed by atoms with Gasteiger partial charge in [0.05, 0.1) is 19.9 Å². The first-order chi connectivity index (χ1) is 16.2. The van der Waals surface area contributed by atoms with Gasteiger partial charge in [-0.05, 0) is 56.2 Å². The predicted octanol–water partition coefficient (Wildman–Crippen LogP) is 4.89. The van der Waals surface area contributed by atoms with E-state index in [9.17, 15) is 8.42 Å². The molecule has 1 heterocycles. The summed E-state index contributed by atoms with van der Waals surface area (Å²) in [6, 6.07) is 14.8. The number of sulfonamides is 1. The minimum absolute atomic E-state index is 0.217. The molecular formula is C25H32N2O5S2. The zero-order chi connectivity index (χ0) is 24.9. The van der Waals surface area contributed by atoms with Crippen LogP contribution in [0, 0.1) is 13.8 Å². The van der Waals surface area contributed by atoms with Crippen LogP contribution in [0.1, 0.15) is 39.7 Å². The van der Waals surface area contributed by atoms with E-state index in [0.717, 1.165) is 33.2 Å². The van der Waals surface area contributed by atoms with Gasteiger partial charge in [-0.1, -0.05) is 24.3 Å². The van der Waals surface area contributed by atoms with Crippen molar-refractivity contribution in [3.63, 3.8) is 0 Å². The third-order valence-electron chi connectivity index (χ3n) is 5.83. The molecular weight excluding hydrogens is 472 g/mol. The summed E-state index contributed by atoms with van der Waals surface area (Å²) in [5.41, 5.74) is 2.61. The second-order valence-electron chi connectivity index (χ2n) is 8.06. The maximum Gasteiger partial charge on any atom is 0.220 e. The SMILES string of the molecule is COc1ccc(CN(Cc2ccc(OC)cc2)S(=O)(=O)[C@H](C)[C@@H](OC)c2nc(C)c(C)s2)cc1. The summed E-state index contributed by atoms with van der Waals surface area (Å²) in [4.78, 5) is 5.62. The van der Waals surface area contributed by atoms with Crippen LogP contribution in [0.5, 0.6) is 11.5 Å². The topological polar surface area (TPSA) is 78.0 Å². The van der Waals surface area contributed by atoms with E-state index in [0.29, 0.717) is 5.01 Å². The minimum atomic E-state index is -3.78. The lowest BCUT2D eigenvalue weighted by molar-refractivity contribution is 0.100. The van der Waals surface area contributed by atoms with E-state index < -0.39 is 21.4 Å². The molecule has 0 bridgehead atoms. The third-order valence-corrected chi connectivity index (χ3v) is 9.13. The van der Waals surface area contributed by atoms with Crippen LogP contribution >= 0.6 is 11.3 Å². The van der Waals surface area contributed by atoms with Crippen molar-refractivity contribution in [2.75, 3.05) is 21.3 Å². The third kappa shape index (κ3) is 5.96. The molecule has 34 heavy (non-hydrogen) atoms. The van der Waals surface area contributed by atoms with Crippen LogP contribution in [0.15, 0.2) is 48.5 Å². The van der Waals surface area contributed by atoms with Crippen LogP contribution in [0.4, 0.5) is 0 Å². The fraction of sp³-hybridized carbons (Fsp3) is 0.400. The Bertz CT molecular complexity index is 1110. The Morgan fingerprint density at radius 3 is 1.71 bits per heavy atom. The zero-order valence-corrected chi connectivity index (χ0v) is 22.1. The Hall–Kier alpha value is -2.46. The van der Waals surface area contributed by atoms with Crippen LogP contribution < -0.4 is 9.47 Å². The first-order valence-electron chi connectivity index (χ1n) is 10.9. The van der Waals surface area contributed by atoms with E-state index >= 15 is 0 Å². The molecule has 0 amide bonds. The fourth-order valence-electron chi connectivity index (χ4n) is 3.61. The largest absolute Gasteiger partial charge is 0.497 e. The summed E-state index contributed by atoms with van der Waals surface area (Å²) in [5, 5.41) is -0.165. The smallest absolute Gasteiger partial charge is 0.220 e. The average Bonchev–Trinajstić information content (AvgIpc) is 3.17. The van der Waals surface area contributed by atoms with Crippen molar-refractivity contribution in [3.8, 4) is 11.5 Å². The van der Waals surface area contributed by atoms with E-state index in [1.54, 1.807) is 21.1 Å². The van der Waals surface area contributed by atoms with Crippen LogP contribution in [0.3, 0.4) is 0 Å². The molecule has 0 N–H and O–H groups in total. The molecule has 7 nitrogen and oxygen atoms in total. The van der Waals surface area contributed by atoms with E-state index in [4.69, 9.17) is 14.2 Å². The molecule has 3 rings (SSSR count). The number of hydrogen-bond donors (Lipinski definition) is 0. The van der Waals surface area contributed by atoms with Crippen molar-refractivity contribution < 1.29 is 22.6 Å². The molecule has 2 aromatic carbocycles. The predicted molar refractivity (Wildman–Crippen MR) is 135 cm³/mol. The van der Waals surface area contributed by atoms with Crippen LogP contribution in [-0.2, 0) is 27.8 Å². The summed E-state index contributed by atoms with van der Waals surface area (Å²) < 4.78 is 45.5. The number of aryl methyl sites for hydroxylation is 2. The lowest BCUT2D eigenvalue weighted by atomic mass is 10.2. The number of rotatable bonds is 11.